The lowest BCUT2D eigenvalue weighted by atomic mass is 9.87. The topological polar surface area (TPSA) is 292 Å². The molecule has 0 radical (unpaired) electrons. The summed E-state index contributed by atoms with van der Waals surface area (Å²) in [6.07, 6.45) is 1.88. The third kappa shape index (κ3) is 55.0. The second kappa shape index (κ2) is 55.9. The summed E-state index contributed by atoms with van der Waals surface area (Å²) in [5, 5.41) is 68.6. The smallest absolute Gasteiger partial charge is 0.237 e. The summed E-state index contributed by atoms with van der Waals surface area (Å²) in [7, 11) is 0. The first-order chi connectivity index (χ1) is 42.7. The van der Waals surface area contributed by atoms with E-state index in [1.54, 1.807) is 41.5 Å². The lowest BCUT2D eigenvalue weighted by molar-refractivity contribution is -0.132. The van der Waals surface area contributed by atoms with Gasteiger partial charge in [0.15, 0.2) is 11.6 Å². The Bertz CT molecular complexity index is 1980. The van der Waals surface area contributed by atoms with Crippen molar-refractivity contribution < 1.29 is 49.2 Å². The van der Waals surface area contributed by atoms with E-state index in [9.17, 15) is 49.2 Å². The molecule has 94 heavy (non-hydrogen) atoms. The van der Waals surface area contributed by atoms with Gasteiger partial charge >= 0.3 is 0 Å². The monoisotopic (exact) mass is 1340 g/mol. The highest BCUT2D eigenvalue weighted by Crippen LogP contribution is 2.17. The lowest BCUT2D eigenvalue weighted by Gasteiger charge is -2.30. The fraction of sp³-hybridized carbons (Fsp3) is 0.893. The first-order valence-corrected chi connectivity index (χ1v) is 36.1. The molecule has 16 atom stereocenters. The molecule has 0 heterocycles. The van der Waals surface area contributed by atoms with Crippen LogP contribution in [0.4, 0.5) is 0 Å². The number of allylic oxidation sites excluding steroid dienone is 1. The SMILES string of the molecule is CC(C)NC(C)/C=C/C(C)C(=O)C(C)C.CC(C)NC(C)C(=O)NC(C)C(=O)C(C)C.CC(C)NC(C)C(O)C(O)C(C)C(=O)C(C)C.CC(C)NC(C)C(O)CC(C)C(=O)C(C)C.CC(C)NC(C)C(O)CNC(C)C(C)C.CC(C)NC(C)CNC(C)C(=O)C(C)C. The average Bonchev–Trinajstić information content (AvgIpc) is 0.931. The second-order valence-corrected chi connectivity index (χ2v) is 30.5. The Balaban J connectivity index is -0.000000247. The van der Waals surface area contributed by atoms with Crippen LogP contribution >= 0.6 is 0 Å². The van der Waals surface area contributed by atoms with Crippen LogP contribution in [0, 0.1) is 53.3 Å². The minimum atomic E-state index is -1.02. The van der Waals surface area contributed by atoms with Gasteiger partial charge in [-0.2, -0.15) is 0 Å². The largest absolute Gasteiger partial charge is 0.391 e. The first kappa shape index (κ1) is 102. The zero-order valence-electron chi connectivity index (χ0n) is 67.2. The summed E-state index contributed by atoms with van der Waals surface area (Å²) in [5.41, 5.74) is 0. The second-order valence-electron chi connectivity index (χ2n) is 30.5. The number of amides is 1. The van der Waals surface area contributed by atoms with Gasteiger partial charge < -0.3 is 68.3 Å². The first-order valence-electron chi connectivity index (χ1n) is 36.1. The highest BCUT2D eigenvalue weighted by Gasteiger charge is 2.33. The van der Waals surface area contributed by atoms with Gasteiger partial charge in [-0.15, -0.1) is 0 Å². The molecule has 13 N–H and O–H groups in total. The molecule has 0 aliphatic rings. The van der Waals surface area contributed by atoms with Crippen LogP contribution in [0.5, 0.6) is 0 Å². The molecule has 0 bridgehead atoms. The molecule has 0 spiro atoms. The van der Waals surface area contributed by atoms with Crippen molar-refractivity contribution in [2.75, 3.05) is 13.1 Å². The number of hydrogen-bond acceptors (Lipinski definition) is 18. The van der Waals surface area contributed by atoms with Crippen molar-refractivity contribution >= 4 is 34.8 Å². The van der Waals surface area contributed by atoms with Crippen LogP contribution in [0.25, 0.3) is 0 Å². The third-order valence-electron chi connectivity index (χ3n) is 15.6. The van der Waals surface area contributed by atoms with Gasteiger partial charge in [0, 0.05) is 133 Å². The molecule has 0 aromatic carbocycles. The highest BCUT2D eigenvalue weighted by molar-refractivity contribution is 5.91. The Morgan fingerprint density at radius 1 is 0.330 bits per heavy atom. The number of hydrogen-bond donors (Lipinski definition) is 13. The number of aliphatic hydroxyl groups excluding tert-OH is 4. The van der Waals surface area contributed by atoms with Gasteiger partial charge in [-0.1, -0.05) is 199 Å². The molecule has 0 fully saturated rings. The Kier molecular flexibility index (Phi) is 60.7. The number of rotatable bonds is 40. The van der Waals surface area contributed by atoms with Crippen LogP contribution in [0.2, 0.25) is 0 Å². The van der Waals surface area contributed by atoms with E-state index in [2.05, 4.69) is 130 Å². The summed E-state index contributed by atoms with van der Waals surface area (Å²) in [4.78, 5) is 69.9. The quantitative estimate of drug-likeness (QED) is 0.0254. The van der Waals surface area contributed by atoms with E-state index in [1.807, 2.05) is 138 Å². The molecule has 16 unspecified atom stereocenters. The van der Waals surface area contributed by atoms with Crippen LogP contribution < -0.4 is 47.9 Å². The predicted molar refractivity (Wildman–Crippen MR) is 398 cm³/mol. The number of carbonyl (C=O) groups excluding carboxylic acids is 6. The number of Topliss-reactive ketones (excluding diaryl/α,β-unsaturated/α-hetero) is 5. The van der Waals surface area contributed by atoms with Crippen molar-refractivity contribution in [2.24, 2.45) is 53.3 Å². The van der Waals surface area contributed by atoms with Crippen molar-refractivity contribution in [3.8, 4) is 0 Å². The summed E-state index contributed by atoms with van der Waals surface area (Å²) >= 11 is 0. The molecule has 0 aliphatic heterocycles. The van der Waals surface area contributed by atoms with Crippen LogP contribution in [0.15, 0.2) is 12.2 Å². The zero-order chi connectivity index (χ0) is 75.5. The average molecular weight is 1350 g/mol. The van der Waals surface area contributed by atoms with Gasteiger partial charge in [-0.25, -0.2) is 0 Å². The summed E-state index contributed by atoms with van der Waals surface area (Å²) < 4.78 is 0. The molecule has 0 saturated heterocycles. The molecule has 0 aliphatic carbocycles. The molecule has 0 rings (SSSR count). The lowest BCUT2D eigenvalue weighted by Crippen LogP contribution is -2.50. The molecule has 0 aromatic rings. The fourth-order valence-corrected chi connectivity index (χ4v) is 9.76. The minimum absolute atomic E-state index is 0.0201. The standard InChI is InChI=1S/C13H27NO3.C13H27NO2.C13H25NO.C12H24N2O2.C12H28N2O.C12H26N2O/c1-7(2)11(15)9(5)12(16)13(17)10(6)14-8(3)4;1-8(2)13(16)10(5)7-12(15)11(6)14-9(3)4;1-9(2)13(15)11(5)7-8-12(6)14-10(3)4;1-7(2)11(15)9(5)14-12(16)10(6)13-8(3)4;1-8(2)10(5)13-7-12(15)11(6)14-9(3)4;1-8(2)12(15)11(6)13-7-10(5)14-9(3)4/h7-10,12-14,16-17H,1-6H3;8-12,14-15H,7H2,1-6H3;7-12,14H,1-6H3;7-10,13H,1-6H3,(H,14,16);8-15H,7H2,1-6H3;8-11,13-14H,7H2,1-6H3/b;;8-7+;;;. The van der Waals surface area contributed by atoms with Gasteiger partial charge in [0.1, 0.15) is 17.3 Å². The van der Waals surface area contributed by atoms with Crippen molar-refractivity contribution in [1.82, 2.24) is 47.9 Å². The molecule has 19 heteroatoms. The molecule has 0 aromatic heterocycles. The van der Waals surface area contributed by atoms with E-state index in [0.717, 1.165) is 6.54 Å². The summed E-state index contributed by atoms with van der Waals surface area (Å²) in [6, 6.07) is 2.56. The normalized spacial score (nSPS) is 17.0. The summed E-state index contributed by atoms with van der Waals surface area (Å²) in [6.45, 7) is 72.5. The number of aliphatic hydroxyl groups is 4. The number of nitrogens with one attached hydrogen (secondary N) is 9. The fourth-order valence-electron chi connectivity index (χ4n) is 9.76. The van der Waals surface area contributed by atoms with Crippen molar-refractivity contribution in [3.05, 3.63) is 12.2 Å². The maximum atomic E-state index is 11.7. The Morgan fingerprint density at radius 3 is 1.07 bits per heavy atom. The van der Waals surface area contributed by atoms with Crippen LogP contribution in [-0.2, 0) is 28.8 Å². The van der Waals surface area contributed by atoms with Crippen LogP contribution in [-0.4, -0.2) is 183 Å². The van der Waals surface area contributed by atoms with Gasteiger partial charge in [0.05, 0.1) is 42.5 Å². The van der Waals surface area contributed by atoms with Gasteiger partial charge in [-0.05, 0) is 74.7 Å². The van der Waals surface area contributed by atoms with Crippen molar-refractivity contribution in [2.45, 2.75) is 371 Å². The molecule has 562 valence electrons. The van der Waals surface area contributed by atoms with E-state index in [1.165, 1.54) is 0 Å². The van der Waals surface area contributed by atoms with Crippen LogP contribution in [0.1, 0.15) is 256 Å². The van der Waals surface area contributed by atoms with E-state index >= 15 is 0 Å². The third-order valence-corrected chi connectivity index (χ3v) is 15.6. The molecule has 0 saturated carbocycles. The Hall–Kier alpha value is -2.92. The molecule has 19 nitrogen and oxygen atoms in total. The summed E-state index contributed by atoms with van der Waals surface area (Å²) in [5.74, 6) is 0.872. The molecule has 1 amide bonds. The maximum absolute atomic E-state index is 11.7. The van der Waals surface area contributed by atoms with Gasteiger partial charge in [0.2, 0.25) is 5.91 Å². The van der Waals surface area contributed by atoms with Crippen LogP contribution in [0.3, 0.4) is 0 Å². The van der Waals surface area contributed by atoms with E-state index < -0.39 is 30.3 Å². The predicted octanol–water partition coefficient (Wildman–Crippen LogP) is 9.78. The Labute approximate surface area is 578 Å². The van der Waals surface area contributed by atoms with E-state index in [0.29, 0.717) is 67.0 Å². The number of carbonyl (C=O) groups is 6. The molecular formula is C75H157N9O10. The Morgan fingerprint density at radius 2 is 0.702 bits per heavy atom. The van der Waals surface area contributed by atoms with Crippen molar-refractivity contribution in [1.29, 1.82) is 0 Å². The number of ketones is 5. The van der Waals surface area contributed by atoms with E-state index in [4.69, 9.17) is 0 Å². The zero-order valence-corrected chi connectivity index (χ0v) is 67.2. The maximum Gasteiger partial charge on any atom is 0.237 e. The highest BCUT2D eigenvalue weighted by atomic mass is 16.3. The minimum Gasteiger partial charge on any atom is -0.391 e. The van der Waals surface area contributed by atoms with E-state index in [-0.39, 0.29) is 119 Å². The van der Waals surface area contributed by atoms with Crippen molar-refractivity contribution in [3.63, 3.8) is 0 Å². The van der Waals surface area contributed by atoms with Gasteiger partial charge in [-0.3, -0.25) is 28.8 Å². The van der Waals surface area contributed by atoms with Gasteiger partial charge in [0.25, 0.3) is 0 Å². The molecular weight excluding hydrogens is 1190 g/mol.